The molecule has 5 heterocycles. The second-order valence-electron chi connectivity index (χ2n) is 20.6. The van der Waals surface area contributed by atoms with Crippen molar-refractivity contribution in [1.82, 2.24) is 18.7 Å². The molecule has 0 saturated carbocycles. The monoisotopic (exact) mass is 944 g/mol. The first-order chi connectivity index (χ1) is 35.7. The highest BCUT2D eigenvalue weighted by Crippen LogP contribution is 2.46. The number of fused-ring (bicyclic) bond motifs is 10. The summed E-state index contributed by atoms with van der Waals surface area (Å²) < 4.78 is 14.2. The van der Waals surface area contributed by atoms with Gasteiger partial charge in [-0.05, 0) is 108 Å². The van der Waals surface area contributed by atoms with E-state index in [-0.39, 0.29) is 5.41 Å². The van der Waals surface area contributed by atoms with Gasteiger partial charge in [-0.3, -0.25) is 4.57 Å². The van der Waals surface area contributed by atoms with Gasteiger partial charge in [0, 0.05) is 74.5 Å². The smallest absolute Gasteiger partial charge is 0.137 e. The number of aryl methyl sites for hydroxylation is 1. The van der Waals surface area contributed by atoms with Crippen molar-refractivity contribution in [2.24, 2.45) is 0 Å². The van der Waals surface area contributed by atoms with Crippen molar-refractivity contribution in [3.63, 3.8) is 0 Å². The van der Waals surface area contributed by atoms with Crippen molar-refractivity contribution in [3.05, 3.63) is 224 Å². The first kappa shape index (κ1) is 42.8. The molecule has 4 aromatic heterocycles. The number of hydrogen-bond acceptors (Lipinski definition) is 4. The van der Waals surface area contributed by atoms with Gasteiger partial charge in [0.05, 0.1) is 62.5 Å². The molecule has 0 aliphatic carbocycles. The van der Waals surface area contributed by atoms with E-state index in [2.05, 4.69) is 271 Å². The van der Waals surface area contributed by atoms with Gasteiger partial charge in [0.1, 0.15) is 17.3 Å². The Morgan fingerprint density at radius 1 is 0.438 bits per heavy atom. The number of para-hydroxylation sites is 7. The maximum Gasteiger partial charge on any atom is 0.137 e. The molecule has 13 aromatic rings. The van der Waals surface area contributed by atoms with Crippen LogP contribution in [0.4, 0.5) is 17.1 Å². The summed E-state index contributed by atoms with van der Waals surface area (Å²) in [5, 5.41) is 7.18. The molecule has 0 spiro atoms. The maximum atomic E-state index is 6.97. The van der Waals surface area contributed by atoms with E-state index in [0.717, 1.165) is 102 Å². The molecule has 1 aliphatic heterocycles. The summed E-state index contributed by atoms with van der Waals surface area (Å²) in [4.78, 5) is 10.2. The molecule has 0 saturated heterocycles. The molecule has 7 heteroatoms. The first-order valence-corrected chi connectivity index (χ1v) is 25.2. The van der Waals surface area contributed by atoms with Gasteiger partial charge in [-0.15, -0.1) is 0 Å². The molecule has 0 N–H and O–H groups in total. The summed E-state index contributed by atoms with van der Waals surface area (Å²) in [6, 6.07) is 74.5. The fourth-order valence-electron chi connectivity index (χ4n) is 11.7. The van der Waals surface area contributed by atoms with E-state index in [0.29, 0.717) is 0 Å². The van der Waals surface area contributed by atoms with Crippen LogP contribution in [0.5, 0.6) is 11.5 Å². The Labute approximate surface area is 424 Å². The number of hydrogen-bond donors (Lipinski definition) is 0. The third-order valence-corrected chi connectivity index (χ3v) is 15.1. The molecule has 9 aromatic carbocycles. The summed E-state index contributed by atoms with van der Waals surface area (Å²) in [5.41, 5.74) is 16.8. The van der Waals surface area contributed by atoms with Gasteiger partial charge < -0.3 is 23.7 Å². The van der Waals surface area contributed by atoms with Gasteiger partial charge in [-0.25, -0.2) is 4.98 Å². The van der Waals surface area contributed by atoms with Crippen molar-refractivity contribution in [2.75, 3.05) is 23.5 Å². The largest absolute Gasteiger partial charge is 0.457 e. The minimum Gasteiger partial charge on any atom is -0.457 e. The van der Waals surface area contributed by atoms with Crippen LogP contribution in [-0.4, -0.2) is 32.4 Å². The normalized spacial score (nSPS) is 12.9. The first-order valence-electron chi connectivity index (χ1n) is 25.2. The highest BCUT2D eigenvalue weighted by Gasteiger charge is 2.28. The van der Waals surface area contributed by atoms with Crippen LogP contribution in [0.3, 0.4) is 0 Å². The fraction of sp³-hybridized carbons (Fsp3) is 0.106. The lowest BCUT2D eigenvalue weighted by Gasteiger charge is -2.25. The van der Waals surface area contributed by atoms with Crippen molar-refractivity contribution in [1.29, 1.82) is 0 Å². The van der Waals surface area contributed by atoms with Crippen LogP contribution in [-0.2, 0) is 5.41 Å². The lowest BCUT2D eigenvalue weighted by Crippen LogP contribution is -2.24. The van der Waals surface area contributed by atoms with Crippen LogP contribution in [0.2, 0.25) is 0 Å². The lowest BCUT2D eigenvalue weighted by molar-refractivity contribution is 0.479. The minimum absolute atomic E-state index is 0.0977. The molecule has 0 radical (unpaired) electrons. The Kier molecular flexibility index (Phi) is 9.51. The quantitative estimate of drug-likeness (QED) is 0.160. The maximum absolute atomic E-state index is 6.97. The Balaban J connectivity index is 0.947. The van der Waals surface area contributed by atoms with E-state index >= 15 is 0 Å². The number of rotatable bonds is 7. The molecule has 1 aliphatic rings. The number of anilines is 3. The molecule has 352 valence electrons. The zero-order valence-electron chi connectivity index (χ0n) is 41.5. The standard InChI is InChI=1S/C66H52N6O/c1-42-35-64(72-58-28-15-10-23-51(58)52-34-33-45(39-63(52)72)73-46-37-43(66(2,3)4)36-44(38-46)69-41-68(5)59-29-16-17-30-60(59)69)67-40-53(42)65-61(70-54-24-11-6-19-47(54)48-20-7-12-25-55(48)70)31-18-32-62(65)71-56-26-13-8-21-49(56)50-22-9-14-27-57(50)71/h6-40H,41H2,1-5H3. The molecule has 7 nitrogen and oxygen atoms in total. The number of nitrogens with zero attached hydrogens (tertiary/aromatic N) is 6. The van der Waals surface area contributed by atoms with Crippen LogP contribution < -0.4 is 14.5 Å². The van der Waals surface area contributed by atoms with E-state index in [1.165, 1.54) is 38.5 Å². The Hall–Kier alpha value is -9.07. The van der Waals surface area contributed by atoms with Crippen LogP contribution in [0, 0.1) is 6.92 Å². The minimum atomic E-state index is -0.0977. The van der Waals surface area contributed by atoms with E-state index in [4.69, 9.17) is 9.72 Å². The average Bonchev–Trinajstić information content (AvgIpc) is 4.14. The van der Waals surface area contributed by atoms with Gasteiger partial charge >= 0.3 is 0 Å². The van der Waals surface area contributed by atoms with Gasteiger partial charge in [0.2, 0.25) is 0 Å². The number of benzene rings is 9. The molecular weight excluding hydrogens is 893 g/mol. The van der Waals surface area contributed by atoms with E-state index in [1.807, 2.05) is 0 Å². The summed E-state index contributed by atoms with van der Waals surface area (Å²) in [6.07, 6.45) is 2.10. The Bertz CT molecular complexity index is 4140. The molecule has 0 atom stereocenters. The topological polar surface area (TPSA) is 43.4 Å². The molecular formula is C66H52N6O. The molecule has 73 heavy (non-hydrogen) atoms. The SMILES string of the molecule is Cc1cc(-n2c3ccccc3c3ccc(Oc4cc(N5CN(C)c6ccccc65)cc(C(C)(C)C)c4)cc32)ncc1-c1c(-n2c3ccccc3c3ccccc32)cccc1-n1c2ccccc2c2ccccc21. The number of pyridine rings is 1. The van der Waals surface area contributed by atoms with E-state index in [9.17, 15) is 0 Å². The van der Waals surface area contributed by atoms with Crippen molar-refractivity contribution < 1.29 is 4.74 Å². The van der Waals surface area contributed by atoms with Crippen LogP contribution >= 0.6 is 0 Å². The number of ether oxygens (including phenoxy) is 1. The zero-order chi connectivity index (χ0) is 49.1. The van der Waals surface area contributed by atoms with Crippen molar-refractivity contribution >= 4 is 82.5 Å². The third-order valence-electron chi connectivity index (χ3n) is 15.1. The second-order valence-corrected chi connectivity index (χ2v) is 20.6. The highest BCUT2D eigenvalue weighted by molar-refractivity contribution is 6.13. The predicted molar refractivity (Wildman–Crippen MR) is 304 cm³/mol. The molecule has 0 amide bonds. The highest BCUT2D eigenvalue weighted by atomic mass is 16.5. The zero-order valence-corrected chi connectivity index (χ0v) is 41.5. The fourth-order valence-corrected chi connectivity index (χ4v) is 11.7. The van der Waals surface area contributed by atoms with Gasteiger partial charge in [-0.2, -0.15) is 0 Å². The Morgan fingerprint density at radius 2 is 0.918 bits per heavy atom. The third kappa shape index (κ3) is 6.69. The second kappa shape index (κ2) is 16.2. The molecule has 0 unspecified atom stereocenters. The van der Waals surface area contributed by atoms with E-state index < -0.39 is 0 Å². The molecule has 14 rings (SSSR count). The van der Waals surface area contributed by atoms with Crippen molar-refractivity contribution in [2.45, 2.75) is 33.1 Å². The summed E-state index contributed by atoms with van der Waals surface area (Å²) in [7, 11) is 2.15. The lowest BCUT2D eigenvalue weighted by atomic mass is 9.86. The molecule has 0 bridgehead atoms. The van der Waals surface area contributed by atoms with E-state index in [1.54, 1.807) is 0 Å². The van der Waals surface area contributed by atoms with Crippen LogP contribution in [0.15, 0.2) is 212 Å². The molecule has 0 fully saturated rings. The van der Waals surface area contributed by atoms with Gasteiger partial charge in [0.25, 0.3) is 0 Å². The van der Waals surface area contributed by atoms with Gasteiger partial charge in [0.15, 0.2) is 0 Å². The predicted octanol–water partition coefficient (Wildman–Crippen LogP) is 17.0. The summed E-state index contributed by atoms with van der Waals surface area (Å²) in [6.45, 7) is 9.78. The summed E-state index contributed by atoms with van der Waals surface area (Å²) in [5.74, 6) is 2.40. The van der Waals surface area contributed by atoms with Crippen LogP contribution in [0.1, 0.15) is 31.9 Å². The van der Waals surface area contributed by atoms with Crippen LogP contribution in [0.25, 0.3) is 93.7 Å². The van der Waals surface area contributed by atoms with Gasteiger partial charge in [-0.1, -0.05) is 130 Å². The Morgan fingerprint density at radius 3 is 1.45 bits per heavy atom. The summed E-state index contributed by atoms with van der Waals surface area (Å²) >= 11 is 0. The average molecular weight is 945 g/mol. The van der Waals surface area contributed by atoms with Crippen molar-refractivity contribution in [3.8, 4) is 39.8 Å². The number of aromatic nitrogens is 4.